The number of amides is 1. The number of thioether (sulfide) groups is 2. The van der Waals surface area contributed by atoms with Crippen LogP contribution in [0.4, 0.5) is 77.2 Å². The summed E-state index contributed by atoms with van der Waals surface area (Å²) in [6.45, 7) is 0.741. The Bertz CT molecular complexity index is 1670. The predicted octanol–water partition coefficient (Wildman–Crippen LogP) is 11.0. The molecule has 49 heavy (non-hydrogen) atoms. The fourth-order valence-corrected chi connectivity index (χ4v) is 6.30. The molecular formula is C27H15F15N2O3S2. The van der Waals surface area contributed by atoms with Crippen molar-refractivity contribution in [3.8, 4) is 0 Å². The van der Waals surface area contributed by atoms with E-state index in [0.29, 0.717) is 12.1 Å². The molecule has 5 nitrogen and oxygen atoms in total. The van der Waals surface area contributed by atoms with Gasteiger partial charge in [0, 0.05) is 27.7 Å². The van der Waals surface area contributed by atoms with E-state index in [-0.39, 0.29) is 66.0 Å². The molecule has 0 aliphatic heterocycles. The van der Waals surface area contributed by atoms with E-state index in [1.165, 1.54) is 0 Å². The van der Waals surface area contributed by atoms with Gasteiger partial charge in [-0.3, -0.25) is 14.9 Å². The lowest BCUT2D eigenvalue weighted by molar-refractivity contribution is -0.385. The van der Waals surface area contributed by atoms with Crippen LogP contribution in [0.15, 0.2) is 64.4 Å². The molecule has 268 valence electrons. The van der Waals surface area contributed by atoms with Crippen LogP contribution in [-0.2, 0) is 35.7 Å². The van der Waals surface area contributed by atoms with Crippen LogP contribution in [0.3, 0.4) is 0 Å². The molecule has 1 unspecified atom stereocenters. The van der Waals surface area contributed by atoms with Crippen molar-refractivity contribution in [1.82, 2.24) is 0 Å². The molecule has 0 heterocycles. The summed E-state index contributed by atoms with van der Waals surface area (Å²) in [5.41, 5.74) is -11.5. The highest BCUT2D eigenvalue weighted by Crippen LogP contribution is 2.46. The monoisotopic (exact) mass is 764 g/mol. The Kier molecular flexibility index (Phi) is 10.9. The molecule has 0 aliphatic rings. The number of hydrogen-bond acceptors (Lipinski definition) is 5. The molecule has 3 aromatic rings. The average Bonchev–Trinajstić information content (AvgIpc) is 2.93. The van der Waals surface area contributed by atoms with Crippen molar-refractivity contribution in [2.45, 2.75) is 52.3 Å². The minimum absolute atomic E-state index is 0.00143. The third-order valence-electron chi connectivity index (χ3n) is 6.23. The number of anilines is 1. The molecule has 0 aromatic heterocycles. The summed E-state index contributed by atoms with van der Waals surface area (Å²) in [5.74, 6) is -2.70. The van der Waals surface area contributed by atoms with Gasteiger partial charge in [0.05, 0.1) is 38.4 Å². The van der Waals surface area contributed by atoms with Crippen LogP contribution in [0.25, 0.3) is 0 Å². The summed E-state index contributed by atoms with van der Waals surface area (Å²) in [6, 6.07) is 1.05. The van der Waals surface area contributed by atoms with E-state index in [1.54, 1.807) is 5.32 Å². The molecule has 3 aromatic carbocycles. The highest BCUT2D eigenvalue weighted by atomic mass is 32.2. The van der Waals surface area contributed by atoms with Crippen molar-refractivity contribution in [2.75, 3.05) is 11.1 Å². The van der Waals surface area contributed by atoms with Gasteiger partial charge in [0.15, 0.2) is 0 Å². The number of carbonyl (C=O) groups excluding carboxylic acids is 1. The molecule has 0 fully saturated rings. The number of hydrogen-bond donors (Lipinski definition) is 1. The van der Waals surface area contributed by atoms with Gasteiger partial charge in [-0.25, -0.2) is 0 Å². The topological polar surface area (TPSA) is 72.2 Å². The van der Waals surface area contributed by atoms with E-state index in [4.69, 9.17) is 0 Å². The molecule has 1 atom stereocenters. The van der Waals surface area contributed by atoms with Gasteiger partial charge in [0.1, 0.15) is 4.75 Å². The largest absolute Gasteiger partial charge is 0.418 e. The molecule has 0 spiro atoms. The number of nitro groups is 1. The zero-order chi connectivity index (χ0) is 37.5. The van der Waals surface area contributed by atoms with E-state index < -0.39 is 101 Å². The Morgan fingerprint density at radius 1 is 0.653 bits per heavy atom. The van der Waals surface area contributed by atoms with Crippen LogP contribution in [0.2, 0.25) is 0 Å². The number of nitrogens with zero attached hydrogens (tertiary/aromatic N) is 1. The van der Waals surface area contributed by atoms with E-state index in [1.807, 2.05) is 0 Å². The SMILES string of the molecule is CC(CSc1cc(C(F)(F)F)cc(C(F)(F)F)c1)(Sc1cc(C(F)(F)F)cc(C(F)(F)F)c1)C(=O)Nc1ccc([N+](=O)[O-])cc1C(F)(F)F. The lowest BCUT2D eigenvalue weighted by Crippen LogP contribution is -2.40. The quantitative estimate of drug-likeness (QED) is 0.107. The van der Waals surface area contributed by atoms with E-state index in [0.717, 1.165) is 6.92 Å². The third kappa shape index (κ3) is 10.1. The Hall–Kier alpha value is -3.82. The van der Waals surface area contributed by atoms with Gasteiger partial charge >= 0.3 is 30.9 Å². The summed E-state index contributed by atoms with van der Waals surface area (Å²) in [5, 5.41) is 12.7. The smallest absolute Gasteiger partial charge is 0.324 e. The standard InChI is InChI=1S/C27H15F15N2O3S2/c1-22(49-18-8-14(25(34,35)36)5-15(9-18)26(37,38)39,11-48-17-6-12(23(28,29)30)4-13(7-17)24(31,32)33)21(45)43-20-3-2-16(44(46)47)10-19(20)27(40,41)42/h2-10H,11H2,1H3,(H,43,45). The van der Waals surface area contributed by atoms with Crippen LogP contribution < -0.4 is 5.32 Å². The van der Waals surface area contributed by atoms with Gasteiger partial charge in [-0.05, 0) is 49.4 Å². The fraction of sp³-hybridized carbons (Fsp3) is 0.296. The number of alkyl halides is 15. The van der Waals surface area contributed by atoms with Crippen molar-refractivity contribution in [2.24, 2.45) is 0 Å². The molecule has 1 amide bonds. The van der Waals surface area contributed by atoms with Gasteiger partial charge in [0.2, 0.25) is 5.91 Å². The van der Waals surface area contributed by atoms with Crippen LogP contribution in [-0.4, -0.2) is 21.3 Å². The molecule has 0 saturated heterocycles. The Morgan fingerprint density at radius 2 is 1.06 bits per heavy atom. The van der Waals surface area contributed by atoms with Crippen molar-refractivity contribution in [1.29, 1.82) is 0 Å². The number of rotatable bonds is 8. The lowest BCUT2D eigenvalue weighted by atomic mass is 10.1. The molecule has 1 N–H and O–H groups in total. The minimum Gasteiger partial charge on any atom is -0.324 e. The maximum atomic E-state index is 13.8. The summed E-state index contributed by atoms with van der Waals surface area (Å²) >= 11 is -0.0837. The minimum atomic E-state index is -5.41. The molecule has 22 heteroatoms. The molecule has 0 radical (unpaired) electrons. The molecule has 0 aliphatic carbocycles. The highest BCUT2D eigenvalue weighted by Gasteiger charge is 2.43. The van der Waals surface area contributed by atoms with Crippen molar-refractivity contribution < 1.29 is 75.6 Å². The number of carbonyl (C=O) groups is 1. The van der Waals surface area contributed by atoms with Crippen molar-refractivity contribution in [3.63, 3.8) is 0 Å². The van der Waals surface area contributed by atoms with E-state index in [9.17, 15) is 80.8 Å². The third-order valence-corrected chi connectivity index (χ3v) is 8.95. The van der Waals surface area contributed by atoms with Crippen molar-refractivity contribution >= 4 is 40.8 Å². The summed E-state index contributed by atoms with van der Waals surface area (Å²) in [6.07, 6.45) is -26.9. The van der Waals surface area contributed by atoms with E-state index in [2.05, 4.69) is 0 Å². The van der Waals surface area contributed by atoms with Gasteiger partial charge in [0.25, 0.3) is 5.69 Å². The first-order valence-electron chi connectivity index (χ1n) is 12.6. The van der Waals surface area contributed by atoms with Gasteiger partial charge in [-0.2, -0.15) is 65.9 Å². The first kappa shape index (κ1) is 39.6. The van der Waals surface area contributed by atoms with E-state index >= 15 is 0 Å². The normalized spacial score (nSPS) is 14.4. The summed E-state index contributed by atoms with van der Waals surface area (Å²) < 4.78 is 200. The van der Waals surface area contributed by atoms with Gasteiger partial charge in [-0.15, -0.1) is 23.5 Å². The lowest BCUT2D eigenvalue weighted by Gasteiger charge is -2.29. The van der Waals surface area contributed by atoms with Crippen LogP contribution in [0.5, 0.6) is 0 Å². The first-order valence-corrected chi connectivity index (χ1v) is 14.4. The summed E-state index contributed by atoms with van der Waals surface area (Å²) in [4.78, 5) is 21.5. The second-order valence-corrected chi connectivity index (χ2v) is 12.7. The Morgan fingerprint density at radius 3 is 1.43 bits per heavy atom. The molecule has 0 bridgehead atoms. The maximum Gasteiger partial charge on any atom is 0.418 e. The van der Waals surface area contributed by atoms with Gasteiger partial charge in [-0.1, -0.05) is 0 Å². The second kappa shape index (κ2) is 13.5. The number of benzene rings is 3. The zero-order valence-electron chi connectivity index (χ0n) is 23.6. The number of nitrogens with one attached hydrogen (secondary N) is 1. The highest BCUT2D eigenvalue weighted by molar-refractivity contribution is 8.04. The van der Waals surface area contributed by atoms with Crippen LogP contribution in [0.1, 0.15) is 34.7 Å². The first-order chi connectivity index (χ1) is 22.0. The van der Waals surface area contributed by atoms with Crippen molar-refractivity contribution in [3.05, 3.63) is 92.5 Å². The van der Waals surface area contributed by atoms with Crippen LogP contribution in [0, 0.1) is 10.1 Å². The number of halogens is 15. The number of nitro benzene ring substituents is 1. The fourth-order valence-electron chi connectivity index (χ4n) is 3.86. The molecule has 3 rings (SSSR count). The average molecular weight is 765 g/mol. The zero-order valence-corrected chi connectivity index (χ0v) is 25.2. The maximum absolute atomic E-state index is 13.8. The second-order valence-electron chi connectivity index (χ2n) is 10.0. The summed E-state index contributed by atoms with van der Waals surface area (Å²) in [7, 11) is 0. The Balaban J connectivity index is 2.18. The predicted molar refractivity (Wildman–Crippen MR) is 145 cm³/mol. The van der Waals surface area contributed by atoms with Gasteiger partial charge < -0.3 is 5.32 Å². The number of non-ortho nitro benzene ring substituents is 1. The Labute approximate surface area is 272 Å². The van der Waals surface area contributed by atoms with Crippen LogP contribution >= 0.6 is 23.5 Å². The molecule has 0 saturated carbocycles. The molecular weight excluding hydrogens is 749 g/mol.